The Morgan fingerprint density at radius 1 is 1.15 bits per heavy atom. The van der Waals surface area contributed by atoms with Gasteiger partial charge in [0, 0.05) is 27.6 Å². The van der Waals surface area contributed by atoms with Crippen LogP contribution in [0.25, 0.3) is 11.4 Å². The van der Waals surface area contributed by atoms with E-state index in [1.807, 2.05) is 30.3 Å². The van der Waals surface area contributed by atoms with Crippen molar-refractivity contribution < 1.29 is 14.1 Å². The Morgan fingerprint density at radius 3 is 2.65 bits per heavy atom. The van der Waals surface area contributed by atoms with Gasteiger partial charge in [0.1, 0.15) is 12.6 Å². The van der Waals surface area contributed by atoms with Gasteiger partial charge < -0.3 is 14.3 Å². The molecule has 0 saturated carbocycles. The first-order valence-corrected chi connectivity index (χ1v) is 12.6. The van der Waals surface area contributed by atoms with E-state index in [1.54, 1.807) is 29.2 Å². The zero-order chi connectivity index (χ0) is 24.1. The highest BCUT2D eigenvalue weighted by Crippen LogP contribution is 2.31. The van der Waals surface area contributed by atoms with Gasteiger partial charge in [-0.05, 0) is 71.6 Å². The summed E-state index contributed by atoms with van der Waals surface area (Å²) in [5.74, 6) is 0.510. The highest BCUT2D eigenvalue weighted by molar-refractivity contribution is 9.10. The smallest absolute Gasteiger partial charge is 0.255 e. The summed E-state index contributed by atoms with van der Waals surface area (Å²) < 4.78 is 7.23. The average Bonchev–Trinajstić information content (AvgIpc) is 3.34. The lowest BCUT2D eigenvalue weighted by Crippen LogP contribution is -2.46. The predicted molar refractivity (Wildman–Crippen MR) is 136 cm³/mol. The summed E-state index contributed by atoms with van der Waals surface area (Å²) in [4.78, 5) is 34.4. The molecule has 1 aromatic heterocycles. The first kappa shape index (κ1) is 24.3. The normalized spacial score (nSPS) is 15.7. The Kier molecular flexibility index (Phi) is 7.95. The number of likely N-dealkylation sites (tertiary alicyclic amines) is 1. The van der Waals surface area contributed by atoms with E-state index in [0.29, 0.717) is 28.3 Å². The van der Waals surface area contributed by atoms with Gasteiger partial charge in [-0.2, -0.15) is 4.98 Å². The first-order valence-electron chi connectivity index (χ1n) is 11.0. The molecule has 0 spiro atoms. The molecule has 1 fully saturated rings. The number of benzene rings is 2. The molecule has 2 amide bonds. The number of carbonyl (C=O) groups excluding carboxylic acids is 2. The van der Waals surface area contributed by atoms with Crippen LogP contribution in [0.15, 0.2) is 74.7 Å². The van der Waals surface area contributed by atoms with Gasteiger partial charge in [0.25, 0.3) is 5.91 Å². The largest absolute Gasteiger partial charge is 0.337 e. The van der Waals surface area contributed by atoms with Crippen molar-refractivity contribution in [1.29, 1.82) is 0 Å². The summed E-state index contributed by atoms with van der Waals surface area (Å²) in [5.41, 5.74) is 1.34. The lowest BCUT2D eigenvalue weighted by atomic mass is 10.0. The molecule has 1 aliphatic rings. The Morgan fingerprint density at radius 2 is 1.91 bits per heavy atom. The third-order valence-electron chi connectivity index (χ3n) is 5.72. The van der Waals surface area contributed by atoms with Crippen LogP contribution in [0.2, 0.25) is 0 Å². The van der Waals surface area contributed by atoms with Crippen molar-refractivity contribution in [1.82, 2.24) is 19.9 Å². The maximum atomic E-state index is 13.4. The van der Waals surface area contributed by atoms with Crippen molar-refractivity contribution in [2.24, 2.45) is 0 Å². The highest BCUT2D eigenvalue weighted by Gasteiger charge is 2.33. The van der Waals surface area contributed by atoms with Crippen molar-refractivity contribution in [2.75, 3.05) is 19.6 Å². The molecule has 0 N–H and O–H groups in total. The van der Waals surface area contributed by atoms with Crippen LogP contribution in [-0.2, 0) is 4.79 Å². The van der Waals surface area contributed by atoms with E-state index in [-0.39, 0.29) is 30.9 Å². The molecule has 2 aromatic carbocycles. The Bertz CT molecular complexity index is 1180. The van der Waals surface area contributed by atoms with Crippen molar-refractivity contribution in [3.05, 3.63) is 81.6 Å². The molecule has 4 rings (SSSR count). The first-order chi connectivity index (χ1) is 16.5. The number of carbonyl (C=O) groups is 2. The lowest BCUT2D eigenvalue weighted by molar-refractivity contribution is -0.136. The number of nitrogens with zero attached hydrogens (tertiary/aromatic N) is 4. The fourth-order valence-corrected chi connectivity index (χ4v) is 4.73. The molecule has 1 atom stereocenters. The molecule has 7 nitrogen and oxygen atoms in total. The van der Waals surface area contributed by atoms with Gasteiger partial charge in [-0.15, -0.1) is 6.58 Å². The lowest BCUT2D eigenvalue weighted by Gasteiger charge is -2.35. The Balaban J connectivity index is 1.53. The van der Waals surface area contributed by atoms with E-state index in [4.69, 9.17) is 4.52 Å². The minimum absolute atomic E-state index is 0.0591. The van der Waals surface area contributed by atoms with Gasteiger partial charge in [0.2, 0.25) is 17.6 Å². The molecule has 9 heteroatoms. The number of rotatable bonds is 7. The molecule has 0 radical (unpaired) electrons. The van der Waals surface area contributed by atoms with Crippen LogP contribution in [-0.4, -0.2) is 51.4 Å². The van der Waals surface area contributed by atoms with E-state index in [9.17, 15) is 9.59 Å². The average molecular weight is 588 g/mol. The molecule has 0 bridgehead atoms. The molecular formula is C25H24Br2N4O3. The number of amides is 2. The number of piperidine rings is 1. The van der Waals surface area contributed by atoms with Crippen molar-refractivity contribution >= 4 is 43.7 Å². The van der Waals surface area contributed by atoms with Crippen molar-refractivity contribution in [2.45, 2.75) is 25.3 Å². The van der Waals surface area contributed by atoms with E-state index in [2.05, 4.69) is 48.6 Å². The number of halogens is 2. The van der Waals surface area contributed by atoms with Gasteiger partial charge in [0.15, 0.2) is 0 Å². The second-order valence-corrected chi connectivity index (χ2v) is 9.79. The molecule has 1 unspecified atom stereocenters. The fraction of sp³-hybridized carbons (Fsp3) is 0.280. The molecule has 3 aromatic rings. The van der Waals surface area contributed by atoms with Crippen LogP contribution in [0.3, 0.4) is 0 Å². The topological polar surface area (TPSA) is 79.5 Å². The maximum Gasteiger partial charge on any atom is 0.255 e. The summed E-state index contributed by atoms with van der Waals surface area (Å²) in [7, 11) is 0. The number of aromatic nitrogens is 2. The molecule has 1 aliphatic heterocycles. The number of hydrogen-bond acceptors (Lipinski definition) is 5. The standard InChI is InChI=1S/C25H24Br2N4O3/c1-2-14-30(25(33)19-7-3-4-8-20(19)27)16-22(32)31-15-6-5-9-21(31)24-28-23(29-34-24)17-10-12-18(26)13-11-17/h2-4,7-8,10-13,21H,1,5-6,9,14-16H2. The zero-order valence-electron chi connectivity index (χ0n) is 18.5. The summed E-state index contributed by atoms with van der Waals surface area (Å²) >= 11 is 6.85. The van der Waals surface area contributed by atoms with Crippen molar-refractivity contribution in [3.63, 3.8) is 0 Å². The van der Waals surface area contributed by atoms with Crippen LogP contribution in [0.5, 0.6) is 0 Å². The number of hydrogen-bond donors (Lipinski definition) is 0. The second-order valence-electron chi connectivity index (χ2n) is 8.02. The molecule has 0 aliphatic carbocycles. The molecule has 1 saturated heterocycles. The minimum atomic E-state index is -0.318. The quantitative estimate of drug-likeness (QED) is 0.334. The second kappa shape index (κ2) is 11.1. The van der Waals surface area contributed by atoms with Crippen LogP contribution < -0.4 is 0 Å². The summed E-state index contributed by atoms with van der Waals surface area (Å²) in [5, 5.41) is 4.13. The monoisotopic (exact) mass is 586 g/mol. The Labute approximate surface area is 215 Å². The molecule has 176 valence electrons. The zero-order valence-corrected chi connectivity index (χ0v) is 21.7. The summed E-state index contributed by atoms with van der Waals surface area (Å²) in [6, 6.07) is 14.5. The van der Waals surface area contributed by atoms with E-state index in [0.717, 1.165) is 29.3 Å². The van der Waals surface area contributed by atoms with Crippen molar-refractivity contribution in [3.8, 4) is 11.4 Å². The summed E-state index contributed by atoms with van der Waals surface area (Å²) in [6.45, 7) is 4.53. The minimum Gasteiger partial charge on any atom is -0.337 e. The highest BCUT2D eigenvalue weighted by atomic mass is 79.9. The predicted octanol–water partition coefficient (Wildman–Crippen LogP) is 5.64. The Hall–Kier alpha value is -2.78. The van der Waals surface area contributed by atoms with Gasteiger partial charge in [0.05, 0.1) is 5.56 Å². The van der Waals surface area contributed by atoms with Crippen LogP contribution in [0.4, 0.5) is 0 Å². The van der Waals surface area contributed by atoms with Gasteiger partial charge in [-0.1, -0.05) is 39.3 Å². The third kappa shape index (κ3) is 5.47. The summed E-state index contributed by atoms with van der Waals surface area (Å²) in [6.07, 6.45) is 4.19. The van der Waals surface area contributed by atoms with Gasteiger partial charge in [-0.25, -0.2) is 0 Å². The molecule has 34 heavy (non-hydrogen) atoms. The van der Waals surface area contributed by atoms with Crippen LogP contribution in [0, 0.1) is 0 Å². The van der Waals surface area contributed by atoms with Gasteiger partial charge in [-0.3, -0.25) is 9.59 Å². The van der Waals surface area contributed by atoms with E-state index >= 15 is 0 Å². The van der Waals surface area contributed by atoms with E-state index < -0.39 is 0 Å². The fourth-order valence-electron chi connectivity index (χ4n) is 4.01. The van der Waals surface area contributed by atoms with Gasteiger partial charge >= 0.3 is 0 Å². The van der Waals surface area contributed by atoms with Crippen LogP contribution in [0.1, 0.15) is 41.6 Å². The molecule has 2 heterocycles. The maximum absolute atomic E-state index is 13.4. The van der Waals surface area contributed by atoms with E-state index in [1.165, 1.54) is 4.90 Å². The SMILES string of the molecule is C=CCN(CC(=O)N1CCCCC1c1nc(-c2ccc(Br)cc2)no1)C(=O)c1ccccc1Br. The molecular weight excluding hydrogens is 564 g/mol. The third-order valence-corrected chi connectivity index (χ3v) is 6.94. The van der Waals surface area contributed by atoms with Crippen LogP contribution >= 0.6 is 31.9 Å².